The Bertz CT molecular complexity index is 1190. The Morgan fingerprint density at radius 1 is 1.06 bits per heavy atom. The summed E-state index contributed by atoms with van der Waals surface area (Å²) in [6, 6.07) is 13.1. The zero-order valence-corrected chi connectivity index (χ0v) is 17.1. The molecule has 2 aliphatic rings. The minimum atomic E-state index is -0.855. The first-order valence-corrected chi connectivity index (χ1v) is 10.4. The van der Waals surface area contributed by atoms with Crippen LogP contribution in [-0.2, 0) is 6.42 Å². The predicted octanol–water partition coefficient (Wildman–Crippen LogP) is 5.84. The lowest BCUT2D eigenvalue weighted by atomic mass is 9.75. The average Bonchev–Trinajstić information content (AvgIpc) is 2.73. The third kappa shape index (κ3) is 3.44. The van der Waals surface area contributed by atoms with Crippen molar-refractivity contribution < 1.29 is 18.3 Å². The van der Waals surface area contributed by atoms with Crippen LogP contribution in [0, 0.1) is 18.6 Å². The summed E-state index contributed by atoms with van der Waals surface area (Å²) in [6.45, 7) is 2.04. The zero-order valence-electron chi connectivity index (χ0n) is 17.1. The van der Waals surface area contributed by atoms with Gasteiger partial charge in [0.1, 0.15) is 23.0 Å². The van der Waals surface area contributed by atoms with Crippen LogP contribution in [0.4, 0.5) is 8.78 Å². The molecule has 5 rings (SSSR count). The number of rotatable bonds is 4. The van der Waals surface area contributed by atoms with Crippen LogP contribution in [0.2, 0.25) is 0 Å². The molecule has 3 nitrogen and oxygen atoms in total. The van der Waals surface area contributed by atoms with Gasteiger partial charge in [0, 0.05) is 23.0 Å². The molecular weight excluding hydrogens is 396 g/mol. The molecule has 1 spiro atoms. The Hall–Kier alpha value is -3.34. The summed E-state index contributed by atoms with van der Waals surface area (Å²) in [5.74, 6) is -1.43. The van der Waals surface area contributed by atoms with Crippen molar-refractivity contribution in [2.75, 3.05) is 0 Å². The van der Waals surface area contributed by atoms with Crippen LogP contribution in [0.3, 0.4) is 0 Å². The normalized spacial score (nSPS) is 16.2. The number of ketones is 1. The lowest BCUT2D eigenvalue weighted by Gasteiger charge is -2.43. The fraction of sp³-hybridized carbons (Fsp3) is 0.231. The summed E-state index contributed by atoms with van der Waals surface area (Å²) in [7, 11) is 0. The monoisotopic (exact) mass is 417 g/mol. The number of nitrogens with zero attached hydrogens (tertiary/aromatic N) is 1. The van der Waals surface area contributed by atoms with Gasteiger partial charge >= 0.3 is 0 Å². The molecule has 156 valence electrons. The fourth-order valence-corrected chi connectivity index (χ4v) is 4.29. The number of fused-ring (bicyclic) bond motifs is 1. The summed E-state index contributed by atoms with van der Waals surface area (Å²) in [5, 5.41) is 0. The van der Waals surface area contributed by atoms with E-state index in [4.69, 9.17) is 4.74 Å². The van der Waals surface area contributed by atoms with E-state index in [1.54, 1.807) is 12.3 Å². The Kier molecular flexibility index (Phi) is 4.69. The second-order valence-corrected chi connectivity index (χ2v) is 8.26. The topological polar surface area (TPSA) is 39.2 Å². The van der Waals surface area contributed by atoms with Crippen molar-refractivity contribution in [1.29, 1.82) is 0 Å². The number of para-hydroxylation sites is 1. The van der Waals surface area contributed by atoms with Gasteiger partial charge in [-0.3, -0.25) is 9.78 Å². The number of halogens is 2. The Labute approximate surface area is 179 Å². The number of pyridine rings is 1. The van der Waals surface area contributed by atoms with Crippen molar-refractivity contribution in [3.05, 3.63) is 100 Å². The van der Waals surface area contributed by atoms with Crippen molar-refractivity contribution >= 4 is 11.4 Å². The second-order valence-electron chi connectivity index (χ2n) is 8.26. The highest BCUT2D eigenvalue weighted by molar-refractivity contribution is 5.97. The van der Waals surface area contributed by atoms with E-state index in [0.29, 0.717) is 5.69 Å². The van der Waals surface area contributed by atoms with Crippen LogP contribution < -0.4 is 4.74 Å². The largest absolute Gasteiger partial charge is 0.482 e. The summed E-state index contributed by atoms with van der Waals surface area (Å²) in [6.07, 6.45) is 6.85. The Morgan fingerprint density at radius 3 is 2.45 bits per heavy atom. The Morgan fingerprint density at radius 2 is 1.81 bits per heavy atom. The molecule has 1 fully saturated rings. The van der Waals surface area contributed by atoms with Crippen LogP contribution in [-0.4, -0.2) is 16.4 Å². The predicted molar refractivity (Wildman–Crippen MR) is 114 cm³/mol. The van der Waals surface area contributed by atoms with Gasteiger partial charge in [0.05, 0.1) is 12.0 Å². The smallest absolute Gasteiger partial charge is 0.174 e. The molecule has 31 heavy (non-hydrogen) atoms. The van der Waals surface area contributed by atoms with Crippen molar-refractivity contribution in [2.24, 2.45) is 0 Å². The van der Waals surface area contributed by atoms with Gasteiger partial charge < -0.3 is 4.74 Å². The number of carbonyl (C=O) groups excluding carboxylic acids is 1. The number of aryl methyl sites for hydroxylation is 1. The quantitative estimate of drug-likeness (QED) is 0.501. The molecule has 0 saturated heterocycles. The molecule has 0 N–H and O–H groups in total. The highest BCUT2D eigenvalue weighted by Crippen LogP contribution is 2.48. The van der Waals surface area contributed by atoms with Crippen molar-refractivity contribution in [1.82, 2.24) is 4.98 Å². The van der Waals surface area contributed by atoms with Gasteiger partial charge in [-0.05, 0) is 61.6 Å². The molecule has 2 heterocycles. The molecule has 0 atom stereocenters. The van der Waals surface area contributed by atoms with Crippen LogP contribution in [0.15, 0.2) is 60.8 Å². The SMILES string of the molecule is Cc1cccc2c1OC1(C=C2c2ccc(CC(=O)c3c(F)cccc3F)nc2)CCC1. The first-order valence-electron chi connectivity index (χ1n) is 10.4. The van der Waals surface area contributed by atoms with Gasteiger partial charge in [0.25, 0.3) is 0 Å². The van der Waals surface area contributed by atoms with Gasteiger partial charge in [-0.2, -0.15) is 0 Å². The minimum Gasteiger partial charge on any atom is -0.482 e. The van der Waals surface area contributed by atoms with E-state index < -0.39 is 23.0 Å². The number of benzene rings is 2. The molecule has 1 aromatic heterocycles. The molecule has 1 saturated carbocycles. The highest BCUT2D eigenvalue weighted by atomic mass is 19.1. The molecule has 0 radical (unpaired) electrons. The van der Waals surface area contributed by atoms with Crippen LogP contribution in [0.25, 0.3) is 5.57 Å². The van der Waals surface area contributed by atoms with Gasteiger partial charge in [-0.15, -0.1) is 0 Å². The number of aromatic nitrogens is 1. The summed E-state index contributed by atoms with van der Waals surface area (Å²) in [4.78, 5) is 16.8. The second kappa shape index (κ2) is 7.41. The molecule has 3 aromatic rings. The third-order valence-corrected chi connectivity index (χ3v) is 6.13. The van der Waals surface area contributed by atoms with E-state index in [-0.39, 0.29) is 12.0 Å². The van der Waals surface area contributed by atoms with E-state index in [9.17, 15) is 13.6 Å². The van der Waals surface area contributed by atoms with Crippen molar-refractivity contribution in [3.8, 4) is 5.75 Å². The molecule has 5 heteroatoms. The third-order valence-electron chi connectivity index (χ3n) is 6.13. The standard InChI is InChI=1S/C26H21F2NO2/c1-16-5-2-6-19-20(14-26(11-4-12-26)31-25(16)19)17-9-10-18(29-15-17)13-23(30)24-21(27)7-3-8-22(24)28/h2-3,5-10,14-15H,4,11-13H2,1H3. The lowest BCUT2D eigenvalue weighted by Crippen LogP contribution is -2.43. The minimum absolute atomic E-state index is 0.167. The first-order chi connectivity index (χ1) is 15.0. The van der Waals surface area contributed by atoms with E-state index in [2.05, 4.69) is 11.1 Å². The molecule has 1 aliphatic heterocycles. The number of carbonyl (C=O) groups is 1. The average molecular weight is 417 g/mol. The van der Waals surface area contributed by atoms with E-state index in [1.807, 2.05) is 31.2 Å². The van der Waals surface area contributed by atoms with Crippen LogP contribution in [0.1, 0.15) is 52.0 Å². The number of hydrogen-bond acceptors (Lipinski definition) is 3. The van der Waals surface area contributed by atoms with Gasteiger partial charge in [-0.25, -0.2) is 8.78 Å². The van der Waals surface area contributed by atoms with Gasteiger partial charge in [0.15, 0.2) is 5.78 Å². The number of ether oxygens (including phenoxy) is 1. The van der Waals surface area contributed by atoms with E-state index in [0.717, 1.165) is 59.4 Å². The lowest BCUT2D eigenvalue weighted by molar-refractivity contribution is 0.0370. The molecule has 0 amide bonds. The van der Waals surface area contributed by atoms with E-state index >= 15 is 0 Å². The number of Topliss-reactive ketones (excluding diaryl/α,β-unsaturated/α-hetero) is 1. The van der Waals surface area contributed by atoms with Gasteiger partial charge in [0.2, 0.25) is 0 Å². The highest BCUT2D eigenvalue weighted by Gasteiger charge is 2.41. The molecule has 1 aliphatic carbocycles. The van der Waals surface area contributed by atoms with Crippen LogP contribution >= 0.6 is 0 Å². The maximum Gasteiger partial charge on any atom is 0.174 e. The number of hydrogen-bond donors (Lipinski definition) is 0. The van der Waals surface area contributed by atoms with Crippen molar-refractivity contribution in [3.63, 3.8) is 0 Å². The zero-order chi connectivity index (χ0) is 21.6. The molecule has 0 unspecified atom stereocenters. The summed E-state index contributed by atoms with van der Waals surface area (Å²) in [5.41, 5.74) is 3.80. The maximum atomic E-state index is 13.9. The van der Waals surface area contributed by atoms with Crippen molar-refractivity contribution in [2.45, 2.75) is 38.2 Å². The molecule has 2 aromatic carbocycles. The Balaban J connectivity index is 1.45. The van der Waals surface area contributed by atoms with Crippen LogP contribution in [0.5, 0.6) is 5.75 Å². The first kappa shape index (κ1) is 19.6. The maximum absolute atomic E-state index is 13.9. The summed E-state index contributed by atoms with van der Waals surface area (Å²) < 4.78 is 34.2. The fourth-order valence-electron chi connectivity index (χ4n) is 4.29. The van der Waals surface area contributed by atoms with Gasteiger partial charge in [-0.1, -0.05) is 30.3 Å². The summed E-state index contributed by atoms with van der Waals surface area (Å²) >= 11 is 0. The van der Waals surface area contributed by atoms with E-state index in [1.165, 1.54) is 6.07 Å². The molecule has 0 bridgehead atoms. The molecular formula is C26H21F2NO2.